The van der Waals surface area contributed by atoms with Crippen LogP contribution in [0.5, 0.6) is 0 Å². The van der Waals surface area contributed by atoms with E-state index in [9.17, 15) is 0 Å². The van der Waals surface area contributed by atoms with Gasteiger partial charge in [-0.15, -0.1) is 47.4 Å². The van der Waals surface area contributed by atoms with Gasteiger partial charge in [-0.3, -0.25) is 0 Å². The predicted molar refractivity (Wildman–Crippen MR) is 184 cm³/mol. The van der Waals surface area contributed by atoms with E-state index in [1.165, 1.54) is 0 Å². The van der Waals surface area contributed by atoms with Gasteiger partial charge < -0.3 is 0 Å². The van der Waals surface area contributed by atoms with Crippen LogP contribution in [0, 0.1) is 47.4 Å². The van der Waals surface area contributed by atoms with Gasteiger partial charge in [-0.25, -0.2) is 0 Å². The maximum absolute atomic E-state index is 2.68. The molecule has 0 radical (unpaired) electrons. The molecular weight excluding hydrogens is 444 g/mol. The van der Waals surface area contributed by atoms with Gasteiger partial charge in [-0.05, 0) is 55.4 Å². The van der Waals surface area contributed by atoms with Crippen molar-refractivity contribution in [1.82, 2.24) is 0 Å². The van der Waals surface area contributed by atoms with Crippen molar-refractivity contribution < 1.29 is 0 Å². The van der Waals surface area contributed by atoms with Gasteiger partial charge in [0.05, 0.1) is 0 Å². The molecular formula is C37H66. The molecule has 2 rings (SSSR count). The monoisotopic (exact) mass is 511 g/mol. The third kappa shape index (κ3) is 191. The SMILES string of the molecule is C.C.C.CC.CC.CC.CC#CC.CC#CC.CC#CC.CC#CC.c1ccccc1.c1ccccc1. The van der Waals surface area contributed by atoms with Crippen LogP contribution in [0.1, 0.15) is 119 Å². The lowest BCUT2D eigenvalue weighted by Gasteiger charge is -1.69. The highest BCUT2D eigenvalue weighted by molar-refractivity contribution is 4.99. The normalized spacial score (nSPS) is 4.59. The average molecular weight is 511 g/mol. The Morgan fingerprint density at radius 1 is 0.216 bits per heavy atom. The molecule has 0 atom stereocenters. The third-order valence-corrected chi connectivity index (χ3v) is 2.33. The Hall–Kier alpha value is -3.32. The third-order valence-electron chi connectivity index (χ3n) is 2.33. The smallest absolute Gasteiger partial charge is 0.00271 e. The summed E-state index contributed by atoms with van der Waals surface area (Å²) < 4.78 is 0. The minimum Gasteiger partial charge on any atom is -0.107 e. The molecule has 0 amide bonds. The summed E-state index contributed by atoms with van der Waals surface area (Å²) in [5, 5.41) is 0. The summed E-state index contributed by atoms with van der Waals surface area (Å²) in [5.74, 6) is 21.4. The molecule has 0 aliphatic heterocycles. The Balaban J connectivity index is -0.0000000282. The Morgan fingerprint density at radius 2 is 0.270 bits per heavy atom. The summed E-state index contributed by atoms with van der Waals surface area (Å²) >= 11 is 0. The Kier molecular flexibility index (Phi) is 204. The topological polar surface area (TPSA) is 0 Å². The molecule has 0 aliphatic rings. The molecule has 0 fully saturated rings. The molecule has 0 bridgehead atoms. The minimum atomic E-state index is 0. The molecule has 0 nitrogen and oxygen atoms in total. The second-order valence-electron chi connectivity index (χ2n) is 4.31. The van der Waals surface area contributed by atoms with Gasteiger partial charge in [0, 0.05) is 0 Å². The summed E-state index contributed by atoms with van der Waals surface area (Å²) in [5.41, 5.74) is 0. The molecule has 0 saturated heterocycles. The summed E-state index contributed by atoms with van der Waals surface area (Å²) in [6.07, 6.45) is 0. The van der Waals surface area contributed by atoms with Crippen molar-refractivity contribution >= 4 is 0 Å². The van der Waals surface area contributed by atoms with Gasteiger partial charge in [0.15, 0.2) is 0 Å². The van der Waals surface area contributed by atoms with Gasteiger partial charge in [0.25, 0.3) is 0 Å². The first-order valence-electron chi connectivity index (χ1n) is 12.0. The maximum atomic E-state index is 2.68. The van der Waals surface area contributed by atoms with Crippen molar-refractivity contribution in [1.29, 1.82) is 0 Å². The summed E-state index contributed by atoms with van der Waals surface area (Å²) in [7, 11) is 0. The lowest BCUT2D eigenvalue weighted by molar-refractivity contribution is 1.50. The molecule has 2 aromatic carbocycles. The standard InChI is InChI=1S/2C6H6.4C4H6.3C2H6.3CH4/c2*1-2-4-6-5-3-1;4*1-3-4-2;3*1-2;;;/h2*1-6H;4*1-2H3;3*1-2H3;3*1H4. The van der Waals surface area contributed by atoms with Crippen molar-refractivity contribution in [2.24, 2.45) is 0 Å². The fourth-order valence-electron chi connectivity index (χ4n) is 0.770. The molecule has 0 heteroatoms. The van der Waals surface area contributed by atoms with Gasteiger partial charge in [-0.2, -0.15) is 0 Å². The van der Waals surface area contributed by atoms with Gasteiger partial charge in [0.2, 0.25) is 0 Å². The average Bonchev–Trinajstić information content (AvgIpc) is 2.98. The van der Waals surface area contributed by atoms with E-state index in [2.05, 4.69) is 47.4 Å². The Morgan fingerprint density at radius 3 is 0.297 bits per heavy atom. The van der Waals surface area contributed by atoms with E-state index in [0.29, 0.717) is 0 Å². The number of rotatable bonds is 0. The fourth-order valence-corrected chi connectivity index (χ4v) is 0.770. The van der Waals surface area contributed by atoms with Crippen LogP contribution in [0.3, 0.4) is 0 Å². The molecule has 2 aromatic rings. The van der Waals surface area contributed by atoms with Crippen LogP contribution >= 0.6 is 0 Å². The fraction of sp³-hybridized carbons (Fsp3) is 0.459. The molecule has 37 heavy (non-hydrogen) atoms. The van der Waals surface area contributed by atoms with E-state index in [4.69, 9.17) is 0 Å². The van der Waals surface area contributed by atoms with E-state index in [1.54, 1.807) is 0 Å². The van der Waals surface area contributed by atoms with Gasteiger partial charge >= 0.3 is 0 Å². The zero-order valence-electron chi connectivity index (χ0n) is 24.9. The summed E-state index contributed by atoms with van der Waals surface area (Å²) in [4.78, 5) is 0. The van der Waals surface area contributed by atoms with Crippen LogP contribution in [0.15, 0.2) is 72.8 Å². The number of hydrogen-bond acceptors (Lipinski definition) is 0. The highest BCUT2D eigenvalue weighted by atomic mass is 13.7. The molecule has 0 unspecified atom stereocenters. The van der Waals surface area contributed by atoms with Crippen LogP contribution in [0.25, 0.3) is 0 Å². The molecule has 214 valence electrons. The van der Waals surface area contributed by atoms with Crippen LogP contribution in [0.4, 0.5) is 0 Å². The molecule has 0 heterocycles. The van der Waals surface area contributed by atoms with E-state index >= 15 is 0 Å². The first-order chi connectivity index (χ1) is 16.7. The molecule has 0 spiro atoms. The van der Waals surface area contributed by atoms with Crippen molar-refractivity contribution in [3.8, 4) is 47.4 Å². The van der Waals surface area contributed by atoms with E-state index < -0.39 is 0 Å². The first-order valence-corrected chi connectivity index (χ1v) is 12.0. The largest absolute Gasteiger partial charge is 0.107 e. The van der Waals surface area contributed by atoms with E-state index in [1.807, 2.05) is 170 Å². The van der Waals surface area contributed by atoms with Gasteiger partial charge in [0.1, 0.15) is 0 Å². The van der Waals surface area contributed by atoms with Crippen molar-refractivity contribution in [3.05, 3.63) is 72.8 Å². The van der Waals surface area contributed by atoms with Crippen LogP contribution < -0.4 is 0 Å². The van der Waals surface area contributed by atoms with E-state index in [0.717, 1.165) is 0 Å². The van der Waals surface area contributed by atoms with Gasteiger partial charge in [-0.1, -0.05) is 137 Å². The van der Waals surface area contributed by atoms with Crippen molar-refractivity contribution in [2.75, 3.05) is 0 Å². The number of hydrogen-bond donors (Lipinski definition) is 0. The van der Waals surface area contributed by atoms with Crippen molar-refractivity contribution in [3.63, 3.8) is 0 Å². The lowest BCUT2D eigenvalue weighted by Crippen LogP contribution is -1.47. The first kappa shape index (κ1) is 64.1. The number of benzene rings is 2. The molecule has 0 aromatic heterocycles. The second-order valence-corrected chi connectivity index (χ2v) is 4.31. The molecule has 0 saturated carbocycles. The minimum absolute atomic E-state index is 0. The van der Waals surface area contributed by atoms with Crippen LogP contribution in [0.2, 0.25) is 0 Å². The quantitative estimate of drug-likeness (QED) is 0.309. The molecule has 0 N–H and O–H groups in total. The van der Waals surface area contributed by atoms with Crippen LogP contribution in [-0.4, -0.2) is 0 Å². The zero-order valence-corrected chi connectivity index (χ0v) is 24.9. The lowest BCUT2D eigenvalue weighted by atomic mass is 10.4. The predicted octanol–water partition coefficient (Wildman–Crippen LogP) is 12.5. The zero-order chi connectivity index (χ0) is 28.1. The highest BCUT2D eigenvalue weighted by Crippen LogP contribution is 1.80. The second kappa shape index (κ2) is 118. The summed E-state index contributed by atoms with van der Waals surface area (Å²) in [6, 6.07) is 24.0. The maximum Gasteiger partial charge on any atom is -0.00271 e. The summed E-state index contributed by atoms with van der Waals surface area (Å²) in [6.45, 7) is 26.6. The van der Waals surface area contributed by atoms with Crippen LogP contribution in [-0.2, 0) is 0 Å². The Bertz CT molecular complexity index is 529. The van der Waals surface area contributed by atoms with Crippen molar-refractivity contribution in [2.45, 2.75) is 119 Å². The Labute approximate surface area is 239 Å². The van der Waals surface area contributed by atoms with E-state index in [-0.39, 0.29) is 22.3 Å². The highest BCUT2D eigenvalue weighted by Gasteiger charge is 1.58. The molecule has 0 aliphatic carbocycles.